The summed E-state index contributed by atoms with van der Waals surface area (Å²) in [5, 5.41) is 13.0. The van der Waals surface area contributed by atoms with Crippen LogP contribution in [0.5, 0.6) is 5.75 Å². The molecule has 126 valence electrons. The Kier molecular flexibility index (Phi) is 6.44. The smallest absolute Gasteiger partial charge is 0.413 e. The number of allylic oxidation sites excluding steroid dienone is 3. The highest BCUT2D eigenvalue weighted by molar-refractivity contribution is 6.31. The molecule has 1 rings (SSSR count). The quantitative estimate of drug-likeness (QED) is 0.430. The van der Waals surface area contributed by atoms with E-state index in [2.05, 4.69) is 10.6 Å². The van der Waals surface area contributed by atoms with Gasteiger partial charge in [0.15, 0.2) is 0 Å². The van der Waals surface area contributed by atoms with Gasteiger partial charge in [-0.15, -0.1) is 0 Å². The van der Waals surface area contributed by atoms with Gasteiger partial charge in [-0.2, -0.15) is 13.2 Å². The van der Waals surface area contributed by atoms with Crippen molar-refractivity contribution in [3.8, 4) is 5.75 Å². The molecule has 0 saturated carbocycles. The number of halogens is 5. The number of phenols is 1. The second-order valence-corrected chi connectivity index (χ2v) is 4.78. The predicted molar refractivity (Wildman–Crippen MR) is 78.8 cm³/mol. The van der Waals surface area contributed by atoms with Crippen LogP contribution in [0.25, 0.3) is 0 Å². The van der Waals surface area contributed by atoms with Crippen LogP contribution in [0.1, 0.15) is 6.92 Å². The van der Waals surface area contributed by atoms with E-state index in [1.807, 2.05) is 0 Å². The van der Waals surface area contributed by atoms with Gasteiger partial charge in [0, 0.05) is 23.2 Å². The van der Waals surface area contributed by atoms with Gasteiger partial charge < -0.3 is 15.7 Å². The van der Waals surface area contributed by atoms with Crippen LogP contribution in [0.2, 0.25) is 0 Å². The topological polar surface area (TPSA) is 61.4 Å². The van der Waals surface area contributed by atoms with E-state index in [4.69, 9.17) is 16.7 Å². The van der Waals surface area contributed by atoms with Gasteiger partial charge in [-0.1, -0.05) is 17.7 Å². The number of carbonyl (C=O) groups is 1. The largest absolute Gasteiger partial charge is 0.508 e. The van der Waals surface area contributed by atoms with Crippen LogP contribution in [0, 0.1) is 5.82 Å². The Morgan fingerprint density at radius 1 is 1.39 bits per heavy atom. The minimum atomic E-state index is -4.53. The van der Waals surface area contributed by atoms with Crippen molar-refractivity contribution in [3.05, 3.63) is 46.8 Å². The van der Waals surface area contributed by atoms with Gasteiger partial charge in [-0.05, 0) is 25.1 Å². The lowest BCUT2D eigenvalue weighted by Gasteiger charge is -2.08. The summed E-state index contributed by atoms with van der Waals surface area (Å²) in [7, 11) is 0. The molecule has 0 radical (unpaired) electrons. The fraction of sp³-hybridized carbons (Fsp3) is 0.214. The average molecular weight is 353 g/mol. The molecule has 1 aromatic rings. The first-order chi connectivity index (χ1) is 10.6. The molecule has 2 amide bonds. The normalized spacial score (nSPS) is 13.0. The Bertz CT molecular complexity index is 642. The Balaban J connectivity index is 2.53. The van der Waals surface area contributed by atoms with Crippen LogP contribution in [0.15, 0.2) is 41.0 Å². The number of amides is 2. The van der Waals surface area contributed by atoms with Crippen LogP contribution in [-0.2, 0) is 0 Å². The number of hydrogen-bond acceptors (Lipinski definition) is 2. The molecule has 0 bridgehead atoms. The molecule has 4 nitrogen and oxygen atoms in total. The number of carbonyl (C=O) groups excluding carboxylic acids is 1. The maximum Gasteiger partial charge on any atom is 0.413 e. The SMILES string of the molecule is C/C(=C(Cl)\C=C/CNC(=O)Nc1ccc(O)cc1F)C(F)(F)F. The van der Waals surface area contributed by atoms with Crippen molar-refractivity contribution >= 4 is 23.3 Å². The Labute approximate surface area is 134 Å². The van der Waals surface area contributed by atoms with Crippen LogP contribution in [-0.4, -0.2) is 23.9 Å². The summed E-state index contributed by atoms with van der Waals surface area (Å²) in [6.45, 7) is 0.716. The maximum atomic E-state index is 13.4. The fourth-order valence-electron chi connectivity index (χ4n) is 1.35. The van der Waals surface area contributed by atoms with E-state index in [1.165, 1.54) is 12.1 Å². The summed E-state index contributed by atoms with van der Waals surface area (Å²) in [5.74, 6) is -1.12. The summed E-state index contributed by atoms with van der Waals surface area (Å²) in [6.07, 6.45) is -2.31. The highest BCUT2D eigenvalue weighted by Gasteiger charge is 2.31. The molecule has 0 heterocycles. The number of rotatable bonds is 4. The van der Waals surface area contributed by atoms with Crippen molar-refractivity contribution in [3.63, 3.8) is 0 Å². The molecule has 0 aliphatic carbocycles. The third-order valence-corrected chi connectivity index (χ3v) is 3.04. The first kappa shape index (κ1) is 18.8. The summed E-state index contributed by atoms with van der Waals surface area (Å²) < 4.78 is 50.4. The van der Waals surface area contributed by atoms with Gasteiger partial charge in [0.2, 0.25) is 0 Å². The third-order valence-electron chi connectivity index (χ3n) is 2.63. The van der Waals surface area contributed by atoms with Crippen molar-refractivity contribution in [2.45, 2.75) is 13.1 Å². The number of anilines is 1. The minimum absolute atomic E-state index is 0.118. The third kappa shape index (κ3) is 6.19. The number of aromatic hydroxyl groups is 1. The Morgan fingerprint density at radius 2 is 2.04 bits per heavy atom. The van der Waals surface area contributed by atoms with E-state index >= 15 is 0 Å². The first-order valence-corrected chi connectivity index (χ1v) is 6.62. The monoisotopic (exact) mass is 352 g/mol. The van der Waals surface area contributed by atoms with Gasteiger partial charge in [0.05, 0.1) is 5.69 Å². The lowest BCUT2D eigenvalue weighted by atomic mass is 10.2. The summed E-state index contributed by atoms with van der Waals surface area (Å²) in [5.41, 5.74) is -1.11. The molecule has 23 heavy (non-hydrogen) atoms. The van der Waals surface area contributed by atoms with Gasteiger partial charge >= 0.3 is 12.2 Å². The van der Waals surface area contributed by atoms with Crippen molar-refractivity contribution in [2.75, 3.05) is 11.9 Å². The lowest BCUT2D eigenvalue weighted by molar-refractivity contribution is -0.0915. The maximum absolute atomic E-state index is 13.4. The van der Waals surface area contributed by atoms with Crippen molar-refractivity contribution in [1.82, 2.24) is 5.32 Å². The predicted octanol–water partition coefficient (Wildman–Crippen LogP) is 4.28. The molecule has 0 spiro atoms. The van der Waals surface area contributed by atoms with E-state index in [0.717, 1.165) is 25.1 Å². The van der Waals surface area contributed by atoms with Crippen molar-refractivity contribution in [1.29, 1.82) is 0 Å². The van der Waals surface area contributed by atoms with Crippen molar-refractivity contribution in [2.24, 2.45) is 0 Å². The fourth-order valence-corrected chi connectivity index (χ4v) is 1.54. The number of phenolic OH excluding ortho intramolecular Hbond substituents is 1. The summed E-state index contributed by atoms with van der Waals surface area (Å²) in [4.78, 5) is 11.5. The number of hydrogen-bond donors (Lipinski definition) is 3. The molecular formula is C14H13ClF4N2O2. The molecule has 0 atom stereocenters. The second-order valence-electron chi connectivity index (χ2n) is 4.37. The number of nitrogens with one attached hydrogen (secondary N) is 2. The molecule has 0 aromatic heterocycles. The Hall–Kier alpha value is -2.22. The van der Waals surface area contributed by atoms with E-state index in [0.29, 0.717) is 0 Å². The summed E-state index contributed by atoms with van der Waals surface area (Å²) >= 11 is 5.47. The zero-order chi connectivity index (χ0) is 17.6. The molecule has 1 aromatic carbocycles. The molecule has 9 heteroatoms. The highest BCUT2D eigenvalue weighted by atomic mass is 35.5. The van der Waals surface area contributed by atoms with E-state index < -0.39 is 28.6 Å². The molecule has 0 aliphatic heterocycles. The molecule has 0 unspecified atom stereocenters. The van der Waals surface area contributed by atoms with Gasteiger partial charge in [-0.3, -0.25) is 0 Å². The van der Waals surface area contributed by atoms with E-state index in [-0.39, 0.29) is 18.0 Å². The van der Waals surface area contributed by atoms with Gasteiger partial charge in [0.25, 0.3) is 0 Å². The molecule has 0 saturated heterocycles. The van der Waals surface area contributed by atoms with Crippen LogP contribution < -0.4 is 10.6 Å². The minimum Gasteiger partial charge on any atom is -0.508 e. The zero-order valence-corrected chi connectivity index (χ0v) is 12.6. The number of urea groups is 1. The molecule has 0 aliphatic rings. The van der Waals surface area contributed by atoms with Crippen LogP contribution in [0.3, 0.4) is 0 Å². The first-order valence-electron chi connectivity index (χ1n) is 6.24. The second kappa shape index (κ2) is 7.87. The Morgan fingerprint density at radius 3 is 2.61 bits per heavy atom. The zero-order valence-electron chi connectivity index (χ0n) is 11.8. The van der Waals surface area contributed by atoms with Crippen LogP contribution >= 0.6 is 11.6 Å². The average Bonchev–Trinajstić information content (AvgIpc) is 2.44. The van der Waals surface area contributed by atoms with E-state index in [9.17, 15) is 22.4 Å². The summed E-state index contributed by atoms with van der Waals surface area (Å²) in [6, 6.07) is 2.39. The van der Waals surface area contributed by atoms with Crippen molar-refractivity contribution < 1.29 is 27.5 Å². The van der Waals surface area contributed by atoms with Crippen LogP contribution in [0.4, 0.5) is 28.0 Å². The van der Waals surface area contributed by atoms with Gasteiger partial charge in [0.1, 0.15) is 11.6 Å². The molecule has 0 fully saturated rings. The standard InChI is InChI=1S/C14H13ClF4N2O2/c1-8(14(17,18)19)10(15)3-2-6-20-13(23)21-12-5-4-9(22)7-11(12)16/h2-5,7,22H,6H2,1H3,(H2,20,21,23)/b3-2-,10-8-. The number of alkyl halides is 3. The highest BCUT2D eigenvalue weighted by Crippen LogP contribution is 2.29. The molecular weight excluding hydrogens is 340 g/mol. The number of benzene rings is 1. The van der Waals surface area contributed by atoms with E-state index in [1.54, 1.807) is 0 Å². The lowest BCUT2D eigenvalue weighted by Crippen LogP contribution is -2.29. The van der Waals surface area contributed by atoms with Gasteiger partial charge in [-0.25, -0.2) is 9.18 Å². The molecule has 3 N–H and O–H groups in total.